The molecule has 130 valence electrons. The van der Waals surface area contributed by atoms with Gasteiger partial charge >= 0.3 is 0 Å². The van der Waals surface area contributed by atoms with Crippen LogP contribution in [0.4, 0.5) is 5.69 Å². The van der Waals surface area contributed by atoms with Crippen LogP contribution in [0.1, 0.15) is 15.9 Å². The second-order valence-electron chi connectivity index (χ2n) is 4.98. The van der Waals surface area contributed by atoms with E-state index in [0.717, 1.165) is 10.0 Å². The van der Waals surface area contributed by atoms with Crippen molar-refractivity contribution in [2.75, 3.05) is 6.61 Å². The molecule has 0 unspecified atom stereocenters. The average molecular weight is 408 g/mol. The third-order valence-corrected chi connectivity index (χ3v) is 3.65. The molecule has 9 heteroatoms. The summed E-state index contributed by atoms with van der Waals surface area (Å²) in [5.41, 5.74) is 4.61. The van der Waals surface area contributed by atoms with Crippen LogP contribution in [0, 0.1) is 17.0 Å². The van der Waals surface area contributed by atoms with E-state index in [4.69, 9.17) is 4.74 Å². The highest BCUT2D eigenvalue weighted by molar-refractivity contribution is 9.10. The lowest BCUT2D eigenvalue weighted by molar-refractivity contribution is -0.385. The number of nitro groups is 1. The number of aryl methyl sites for hydroxylation is 1. The number of para-hydroxylation sites is 1. The summed E-state index contributed by atoms with van der Waals surface area (Å²) in [6, 6.07) is 10.8. The molecule has 8 nitrogen and oxygen atoms in total. The first-order valence-electron chi connectivity index (χ1n) is 7.10. The first kappa shape index (κ1) is 18.4. The summed E-state index contributed by atoms with van der Waals surface area (Å²) in [5, 5.41) is 10.9. The summed E-state index contributed by atoms with van der Waals surface area (Å²) in [6.45, 7) is 1.51. The number of ether oxygens (including phenoxy) is 1. The monoisotopic (exact) mass is 407 g/mol. The lowest BCUT2D eigenvalue weighted by Gasteiger charge is -2.10. The zero-order valence-corrected chi connectivity index (χ0v) is 14.7. The first-order chi connectivity index (χ1) is 11.9. The molecule has 2 aromatic carbocycles. The second kappa shape index (κ2) is 8.25. The standard InChI is InChI=1S/C16H14BrN3O5/c1-10-8-11(17)6-7-14(10)25-9-15(21)18-19-16(22)12-4-2-3-5-13(12)20(23)24/h2-8H,9H2,1H3,(H,18,21)(H,19,22). The molecule has 2 aromatic rings. The molecule has 0 aliphatic heterocycles. The number of nitrogens with zero attached hydrogens (tertiary/aromatic N) is 1. The topological polar surface area (TPSA) is 111 Å². The van der Waals surface area contributed by atoms with Crippen molar-refractivity contribution in [3.05, 3.63) is 68.2 Å². The van der Waals surface area contributed by atoms with Gasteiger partial charge in [0.25, 0.3) is 17.5 Å². The fourth-order valence-corrected chi connectivity index (χ4v) is 2.45. The van der Waals surface area contributed by atoms with E-state index in [1.807, 2.05) is 13.0 Å². The third-order valence-electron chi connectivity index (χ3n) is 3.16. The van der Waals surface area contributed by atoms with Gasteiger partial charge in [-0.15, -0.1) is 0 Å². The van der Waals surface area contributed by atoms with Crippen LogP contribution in [0.3, 0.4) is 0 Å². The Labute approximate surface area is 151 Å². The number of amides is 2. The molecule has 0 bridgehead atoms. The molecule has 0 heterocycles. The van der Waals surface area contributed by atoms with Gasteiger partial charge in [-0.2, -0.15) is 0 Å². The summed E-state index contributed by atoms with van der Waals surface area (Å²) >= 11 is 3.32. The van der Waals surface area contributed by atoms with Crippen LogP contribution in [0.5, 0.6) is 5.75 Å². The van der Waals surface area contributed by atoms with Gasteiger partial charge in [-0.3, -0.25) is 30.6 Å². The lowest BCUT2D eigenvalue weighted by Crippen LogP contribution is -2.44. The van der Waals surface area contributed by atoms with E-state index in [-0.39, 0.29) is 17.9 Å². The van der Waals surface area contributed by atoms with Crippen molar-refractivity contribution in [2.24, 2.45) is 0 Å². The highest BCUT2D eigenvalue weighted by Gasteiger charge is 2.19. The highest BCUT2D eigenvalue weighted by Crippen LogP contribution is 2.22. The van der Waals surface area contributed by atoms with Crippen molar-refractivity contribution >= 4 is 33.4 Å². The summed E-state index contributed by atoms with van der Waals surface area (Å²) in [7, 11) is 0. The van der Waals surface area contributed by atoms with Crippen molar-refractivity contribution in [2.45, 2.75) is 6.92 Å². The number of nitro benzene ring substituents is 1. The molecule has 2 amide bonds. The number of carbonyl (C=O) groups is 2. The minimum atomic E-state index is -0.791. The molecular weight excluding hydrogens is 394 g/mol. The summed E-state index contributed by atoms with van der Waals surface area (Å²) in [5.74, 6) is -0.863. The fourth-order valence-electron chi connectivity index (χ4n) is 1.97. The first-order valence-corrected chi connectivity index (χ1v) is 7.89. The molecule has 0 fully saturated rings. The van der Waals surface area contributed by atoms with Gasteiger partial charge in [-0.1, -0.05) is 28.1 Å². The summed E-state index contributed by atoms with van der Waals surface area (Å²) < 4.78 is 6.25. The van der Waals surface area contributed by atoms with Gasteiger partial charge in [-0.05, 0) is 36.8 Å². The van der Waals surface area contributed by atoms with Gasteiger partial charge in [0, 0.05) is 10.5 Å². The Kier molecular flexibility index (Phi) is 6.07. The number of hydrazine groups is 1. The number of nitrogens with one attached hydrogen (secondary N) is 2. The largest absolute Gasteiger partial charge is 0.483 e. The predicted octanol–water partition coefficient (Wildman–Crippen LogP) is 2.51. The minimum Gasteiger partial charge on any atom is -0.483 e. The van der Waals surface area contributed by atoms with E-state index in [1.54, 1.807) is 12.1 Å². The predicted molar refractivity (Wildman–Crippen MR) is 93.1 cm³/mol. The molecule has 2 N–H and O–H groups in total. The molecule has 0 spiro atoms. The maximum Gasteiger partial charge on any atom is 0.282 e. The fraction of sp³-hybridized carbons (Fsp3) is 0.125. The van der Waals surface area contributed by atoms with Crippen LogP contribution in [-0.4, -0.2) is 23.3 Å². The maximum atomic E-state index is 12.0. The van der Waals surface area contributed by atoms with E-state index < -0.39 is 16.7 Å². The van der Waals surface area contributed by atoms with Crippen molar-refractivity contribution in [1.29, 1.82) is 0 Å². The molecule has 2 rings (SSSR count). The van der Waals surface area contributed by atoms with E-state index in [0.29, 0.717) is 5.75 Å². The van der Waals surface area contributed by atoms with Crippen molar-refractivity contribution in [3.63, 3.8) is 0 Å². The number of hydrogen-bond acceptors (Lipinski definition) is 5. The molecule has 0 aliphatic rings. The molecule has 0 aliphatic carbocycles. The molecule has 25 heavy (non-hydrogen) atoms. The van der Waals surface area contributed by atoms with Gasteiger partial charge < -0.3 is 4.74 Å². The Morgan fingerprint density at radius 1 is 1.20 bits per heavy atom. The lowest BCUT2D eigenvalue weighted by atomic mass is 10.2. The van der Waals surface area contributed by atoms with Crippen LogP contribution in [0.15, 0.2) is 46.9 Å². The second-order valence-corrected chi connectivity index (χ2v) is 5.89. The molecular formula is C16H14BrN3O5. The van der Waals surface area contributed by atoms with Gasteiger partial charge in [0.15, 0.2) is 6.61 Å². The molecule has 0 saturated carbocycles. The SMILES string of the molecule is Cc1cc(Br)ccc1OCC(=O)NNC(=O)c1ccccc1[N+](=O)[O-]. The quantitative estimate of drug-likeness (QED) is 0.584. The van der Waals surface area contributed by atoms with Crippen molar-refractivity contribution < 1.29 is 19.2 Å². The van der Waals surface area contributed by atoms with Crippen LogP contribution in [0.2, 0.25) is 0 Å². The molecule has 0 saturated heterocycles. The van der Waals surface area contributed by atoms with E-state index in [9.17, 15) is 19.7 Å². The average Bonchev–Trinajstić information content (AvgIpc) is 2.58. The van der Waals surface area contributed by atoms with Gasteiger partial charge in [-0.25, -0.2) is 0 Å². The van der Waals surface area contributed by atoms with Gasteiger partial charge in [0.05, 0.1) is 4.92 Å². The van der Waals surface area contributed by atoms with Crippen LogP contribution in [-0.2, 0) is 4.79 Å². The molecule has 0 aromatic heterocycles. The van der Waals surface area contributed by atoms with Crippen molar-refractivity contribution in [3.8, 4) is 5.75 Å². The van der Waals surface area contributed by atoms with E-state index in [1.165, 1.54) is 24.3 Å². The Bertz CT molecular complexity index is 825. The zero-order chi connectivity index (χ0) is 18.4. The number of carbonyl (C=O) groups excluding carboxylic acids is 2. The number of hydrogen-bond donors (Lipinski definition) is 2. The minimum absolute atomic E-state index is 0.155. The summed E-state index contributed by atoms with van der Waals surface area (Å²) in [6.07, 6.45) is 0. The maximum absolute atomic E-state index is 12.0. The number of rotatable bonds is 5. The summed E-state index contributed by atoms with van der Waals surface area (Å²) in [4.78, 5) is 33.9. The van der Waals surface area contributed by atoms with Gasteiger partial charge in [0.1, 0.15) is 11.3 Å². The van der Waals surface area contributed by atoms with E-state index in [2.05, 4.69) is 26.8 Å². The van der Waals surface area contributed by atoms with Crippen LogP contribution >= 0.6 is 15.9 Å². The van der Waals surface area contributed by atoms with Gasteiger partial charge in [0.2, 0.25) is 0 Å². The van der Waals surface area contributed by atoms with Crippen LogP contribution < -0.4 is 15.6 Å². The third kappa shape index (κ3) is 5.01. The van der Waals surface area contributed by atoms with Crippen LogP contribution in [0.25, 0.3) is 0 Å². The Hall–Kier alpha value is -2.94. The zero-order valence-electron chi connectivity index (χ0n) is 13.1. The smallest absolute Gasteiger partial charge is 0.282 e. The molecule has 0 radical (unpaired) electrons. The Morgan fingerprint density at radius 2 is 1.92 bits per heavy atom. The number of halogens is 1. The Morgan fingerprint density at radius 3 is 2.60 bits per heavy atom. The normalized spacial score (nSPS) is 10.0. The Balaban J connectivity index is 1.90. The number of benzene rings is 2. The molecule has 0 atom stereocenters. The highest BCUT2D eigenvalue weighted by atomic mass is 79.9. The van der Waals surface area contributed by atoms with Crippen molar-refractivity contribution in [1.82, 2.24) is 10.9 Å². The van der Waals surface area contributed by atoms with E-state index >= 15 is 0 Å².